The smallest absolute Gasteiger partial charge is 0.223 e. The Morgan fingerprint density at radius 1 is 0.929 bits per heavy atom. The quantitative estimate of drug-likeness (QED) is 0.505. The average molecular weight is 378 g/mol. The van der Waals surface area contributed by atoms with Crippen LogP contribution in [0, 0.1) is 0 Å². The molecule has 3 rings (SSSR count). The van der Waals surface area contributed by atoms with Gasteiger partial charge in [-0.2, -0.15) is 0 Å². The molecule has 0 spiro atoms. The molecule has 6 heteroatoms. The second kappa shape index (κ2) is 10.4. The van der Waals surface area contributed by atoms with Gasteiger partial charge in [-0.1, -0.05) is 12.1 Å². The number of nitrogens with zero attached hydrogens (tertiary/aromatic N) is 2. The fourth-order valence-electron chi connectivity index (χ4n) is 2.54. The van der Waals surface area contributed by atoms with Gasteiger partial charge in [-0.3, -0.25) is 0 Å². The fraction of sp³-hybridized carbons (Fsp3) is 0.273. The Hall–Kier alpha value is -2.96. The number of hydrogen-bond acceptors (Lipinski definition) is 6. The zero-order valence-corrected chi connectivity index (χ0v) is 16.3. The van der Waals surface area contributed by atoms with E-state index in [0.29, 0.717) is 19.0 Å². The zero-order valence-electron chi connectivity index (χ0n) is 16.3. The minimum Gasteiger partial charge on any atom is -0.439 e. The minimum atomic E-state index is 0.245. The molecular weight excluding hydrogens is 352 g/mol. The van der Waals surface area contributed by atoms with Gasteiger partial charge >= 0.3 is 0 Å². The predicted molar refractivity (Wildman–Crippen MR) is 111 cm³/mol. The summed E-state index contributed by atoms with van der Waals surface area (Å²) < 4.78 is 11.5. The second-order valence-corrected chi connectivity index (χ2v) is 6.53. The number of pyridine rings is 2. The van der Waals surface area contributed by atoms with E-state index in [1.807, 2.05) is 68.4 Å². The van der Waals surface area contributed by atoms with E-state index in [2.05, 4.69) is 20.6 Å². The summed E-state index contributed by atoms with van der Waals surface area (Å²) in [7, 11) is 0. The maximum Gasteiger partial charge on any atom is 0.223 e. The SMILES string of the molecule is CC(C)OCCNCc1cccnc1Oc1ccc(Nc2ccccn2)cc1. The van der Waals surface area contributed by atoms with Gasteiger partial charge in [0, 0.05) is 36.7 Å². The molecule has 0 unspecified atom stereocenters. The molecule has 0 radical (unpaired) electrons. The number of benzene rings is 1. The van der Waals surface area contributed by atoms with E-state index < -0.39 is 0 Å². The van der Waals surface area contributed by atoms with Crippen LogP contribution in [-0.4, -0.2) is 29.2 Å². The number of anilines is 2. The third-order valence-electron chi connectivity index (χ3n) is 3.90. The number of aromatic nitrogens is 2. The molecule has 0 aliphatic heterocycles. The van der Waals surface area contributed by atoms with Crippen molar-refractivity contribution in [2.24, 2.45) is 0 Å². The third kappa shape index (κ3) is 6.33. The van der Waals surface area contributed by atoms with E-state index in [1.165, 1.54) is 0 Å². The lowest BCUT2D eigenvalue weighted by Crippen LogP contribution is -2.21. The number of rotatable bonds is 10. The lowest BCUT2D eigenvalue weighted by Gasteiger charge is -2.12. The first-order chi connectivity index (χ1) is 13.7. The van der Waals surface area contributed by atoms with Crippen molar-refractivity contribution in [1.29, 1.82) is 0 Å². The van der Waals surface area contributed by atoms with Crippen LogP contribution in [0.4, 0.5) is 11.5 Å². The van der Waals surface area contributed by atoms with Crippen molar-refractivity contribution in [1.82, 2.24) is 15.3 Å². The van der Waals surface area contributed by atoms with Crippen molar-refractivity contribution in [2.45, 2.75) is 26.5 Å². The van der Waals surface area contributed by atoms with Gasteiger partial charge in [0.05, 0.1) is 12.7 Å². The van der Waals surface area contributed by atoms with Crippen LogP contribution < -0.4 is 15.4 Å². The van der Waals surface area contributed by atoms with Crippen molar-refractivity contribution >= 4 is 11.5 Å². The summed E-state index contributed by atoms with van der Waals surface area (Å²) in [5.74, 6) is 2.13. The Balaban J connectivity index is 1.56. The average Bonchev–Trinajstić information content (AvgIpc) is 2.71. The molecule has 1 aromatic carbocycles. The zero-order chi connectivity index (χ0) is 19.6. The molecular formula is C22H26N4O2. The first kappa shape index (κ1) is 19.8. The van der Waals surface area contributed by atoms with Crippen molar-refractivity contribution < 1.29 is 9.47 Å². The van der Waals surface area contributed by atoms with E-state index in [0.717, 1.165) is 29.4 Å². The summed E-state index contributed by atoms with van der Waals surface area (Å²) in [6.07, 6.45) is 3.73. The number of nitrogens with one attached hydrogen (secondary N) is 2. The molecule has 0 bridgehead atoms. The Kier molecular flexibility index (Phi) is 7.35. The summed E-state index contributed by atoms with van der Waals surface area (Å²) in [5.41, 5.74) is 1.95. The Bertz CT molecular complexity index is 839. The molecule has 2 heterocycles. The summed E-state index contributed by atoms with van der Waals surface area (Å²) in [5, 5.41) is 6.61. The predicted octanol–water partition coefficient (Wildman–Crippen LogP) is 4.53. The molecule has 0 saturated heterocycles. The maximum absolute atomic E-state index is 5.98. The molecule has 2 aromatic heterocycles. The molecule has 0 atom stereocenters. The van der Waals surface area contributed by atoms with Gasteiger partial charge in [0.25, 0.3) is 0 Å². The molecule has 28 heavy (non-hydrogen) atoms. The molecule has 0 saturated carbocycles. The molecule has 6 nitrogen and oxygen atoms in total. The standard InChI is InChI=1S/C22H26N4O2/c1-17(2)27-15-14-23-16-18-6-5-13-25-22(18)28-20-10-8-19(9-11-20)26-21-7-3-4-12-24-21/h3-13,17,23H,14-16H2,1-2H3,(H,24,26). The lowest BCUT2D eigenvalue weighted by atomic mass is 10.2. The molecule has 146 valence electrons. The molecule has 3 aromatic rings. The summed E-state index contributed by atoms with van der Waals surface area (Å²) in [6.45, 7) is 6.19. The van der Waals surface area contributed by atoms with Crippen LogP contribution in [0.1, 0.15) is 19.4 Å². The topological polar surface area (TPSA) is 68.3 Å². The number of hydrogen-bond donors (Lipinski definition) is 2. The summed E-state index contributed by atoms with van der Waals surface area (Å²) in [4.78, 5) is 8.63. The van der Waals surface area contributed by atoms with Crippen LogP contribution in [0.3, 0.4) is 0 Å². The van der Waals surface area contributed by atoms with Crippen molar-refractivity contribution in [3.63, 3.8) is 0 Å². The fourth-order valence-corrected chi connectivity index (χ4v) is 2.54. The van der Waals surface area contributed by atoms with Gasteiger partial charge in [0.2, 0.25) is 5.88 Å². The van der Waals surface area contributed by atoms with Crippen LogP contribution in [0.2, 0.25) is 0 Å². The van der Waals surface area contributed by atoms with E-state index in [1.54, 1.807) is 12.4 Å². The van der Waals surface area contributed by atoms with E-state index >= 15 is 0 Å². The van der Waals surface area contributed by atoms with Crippen molar-refractivity contribution in [3.8, 4) is 11.6 Å². The Morgan fingerprint density at radius 3 is 2.50 bits per heavy atom. The first-order valence-corrected chi connectivity index (χ1v) is 9.43. The number of ether oxygens (including phenoxy) is 2. The van der Waals surface area contributed by atoms with Crippen LogP contribution in [0.15, 0.2) is 67.0 Å². The third-order valence-corrected chi connectivity index (χ3v) is 3.90. The molecule has 0 aliphatic rings. The lowest BCUT2D eigenvalue weighted by molar-refractivity contribution is 0.0807. The van der Waals surface area contributed by atoms with Crippen LogP contribution in [0.5, 0.6) is 11.6 Å². The van der Waals surface area contributed by atoms with E-state index in [-0.39, 0.29) is 6.10 Å². The molecule has 0 fully saturated rings. The van der Waals surface area contributed by atoms with Gasteiger partial charge in [-0.25, -0.2) is 9.97 Å². The maximum atomic E-state index is 5.98. The van der Waals surface area contributed by atoms with Crippen molar-refractivity contribution in [2.75, 3.05) is 18.5 Å². The van der Waals surface area contributed by atoms with Crippen molar-refractivity contribution in [3.05, 3.63) is 72.6 Å². The summed E-state index contributed by atoms with van der Waals surface area (Å²) >= 11 is 0. The normalized spacial score (nSPS) is 10.8. The highest BCUT2D eigenvalue weighted by atomic mass is 16.5. The van der Waals surface area contributed by atoms with Gasteiger partial charge in [-0.05, 0) is 56.3 Å². The van der Waals surface area contributed by atoms with Crippen LogP contribution >= 0.6 is 0 Å². The molecule has 2 N–H and O–H groups in total. The van der Waals surface area contributed by atoms with Gasteiger partial charge < -0.3 is 20.1 Å². The van der Waals surface area contributed by atoms with Gasteiger partial charge in [0.1, 0.15) is 11.6 Å². The largest absolute Gasteiger partial charge is 0.439 e. The molecule has 0 amide bonds. The van der Waals surface area contributed by atoms with Gasteiger partial charge in [0.15, 0.2) is 0 Å². The van der Waals surface area contributed by atoms with E-state index in [4.69, 9.17) is 9.47 Å². The van der Waals surface area contributed by atoms with E-state index in [9.17, 15) is 0 Å². The van der Waals surface area contributed by atoms with Crippen LogP contribution in [-0.2, 0) is 11.3 Å². The summed E-state index contributed by atoms with van der Waals surface area (Å²) in [6, 6.07) is 17.4. The monoisotopic (exact) mass is 378 g/mol. The highest BCUT2D eigenvalue weighted by Gasteiger charge is 2.06. The van der Waals surface area contributed by atoms with Crippen LogP contribution in [0.25, 0.3) is 0 Å². The highest BCUT2D eigenvalue weighted by molar-refractivity contribution is 5.57. The highest BCUT2D eigenvalue weighted by Crippen LogP contribution is 2.25. The molecule has 0 aliphatic carbocycles. The Labute approximate surface area is 166 Å². The second-order valence-electron chi connectivity index (χ2n) is 6.53. The first-order valence-electron chi connectivity index (χ1n) is 9.43. The Morgan fingerprint density at radius 2 is 1.75 bits per heavy atom. The van der Waals surface area contributed by atoms with Gasteiger partial charge in [-0.15, -0.1) is 0 Å². The minimum absolute atomic E-state index is 0.245.